The lowest BCUT2D eigenvalue weighted by Gasteiger charge is -2.22. The molecule has 152 valence electrons. The van der Waals surface area contributed by atoms with E-state index in [-0.39, 0.29) is 25.0 Å². The number of hydrogen-bond acceptors (Lipinski definition) is 5. The Labute approximate surface area is 182 Å². The molecule has 1 N–H and O–H groups in total. The molecule has 6 nitrogen and oxygen atoms in total. The summed E-state index contributed by atoms with van der Waals surface area (Å²) < 4.78 is 5.94. The van der Waals surface area contributed by atoms with Crippen LogP contribution in [0.2, 0.25) is 0 Å². The van der Waals surface area contributed by atoms with Crippen molar-refractivity contribution in [2.45, 2.75) is 23.5 Å². The highest BCUT2D eigenvalue weighted by molar-refractivity contribution is 9.10. The van der Waals surface area contributed by atoms with Crippen molar-refractivity contribution < 1.29 is 19.1 Å². The van der Waals surface area contributed by atoms with Crippen LogP contribution in [-0.2, 0) is 14.3 Å². The Kier molecular flexibility index (Phi) is 7.33. The lowest BCUT2D eigenvalue weighted by atomic mass is 10.2. The Hall–Kier alpha value is -2.32. The van der Waals surface area contributed by atoms with E-state index in [0.29, 0.717) is 17.4 Å². The van der Waals surface area contributed by atoms with E-state index in [1.807, 2.05) is 24.3 Å². The highest BCUT2D eigenvalue weighted by atomic mass is 79.9. The van der Waals surface area contributed by atoms with Crippen molar-refractivity contribution >= 4 is 51.2 Å². The van der Waals surface area contributed by atoms with Gasteiger partial charge in [-0.3, -0.25) is 14.4 Å². The van der Waals surface area contributed by atoms with Crippen LogP contribution < -0.4 is 10.2 Å². The summed E-state index contributed by atoms with van der Waals surface area (Å²) in [6.45, 7) is 2.04. The zero-order valence-electron chi connectivity index (χ0n) is 15.9. The van der Waals surface area contributed by atoms with Crippen molar-refractivity contribution in [1.82, 2.24) is 5.32 Å². The number of nitrogens with one attached hydrogen (secondary N) is 1. The number of halogens is 1. The number of rotatable bonds is 5. The minimum atomic E-state index is -0.658. The van der Waals surface area contributed by atoms with E-state index >= 15 is 0 Å². The van der Waals surface area contributed by atoms with Crippen LogP contribution >= 0.6 is 27.7 Å². The number of nitrogens with zero attached hydrogens (tertiary/aromatic N) is 1. The molecule has 1 heterocycles. The van der Waals surface area contributed by atoms with Gasteiger partial charge in [-0.15, -0.1) is 11.8 Å². The molecule has 0 fully saturated rings. The second-order valence-corrected chi connectivity index (χ2v) is 8.98. The Bertz CT molecular complexity index is 904. The van der Waals surface area contributed by atoms with Gasteiger partial charge in [0.25, 0.3) is 11.8 Å². The SMILES string of the molecule is CC1CCN(C(=O)COC(=O)CNC(=O)c2ccc(Br)cc2)c2ccccc2S1. The topological polar surface area (TPSA) is 75.7 Å². The Balaban J connectivity index is 1.52. The highest BCUT2D eigenvalue weighted by Crippen LogP contribution is 2.37. The molecule has 0 saturated heterocycles. The third kappa shape index (κ3) is 5.83. The zero-order valence-corrected chi connectivity index (χ0v) is 18.3. The van der Waals surface area contributed by atoms with Crippen LogP contribution in [-0.4, -0.2) is 42.7 Å². The lowest BCUT2D eigenvalue weighted by Crippen LogP contribution is -2.37. The second kappa shape index (κ2) is 9.93. The summed E-state index contributed by atoms with van der Waals surface area (Å²) in [6.07, 6.45) is 0.849. The minimum Gasteiger partial charge on any atom is -0.454 e. The number of amides is 2. The normalized spacial score (nSPS) is 15.8. The average molecular weight is 477 g/mol. The molecule has 0 saturated carbocycles. The van der Waals surface area contributed by atoms with Gasteiger partial charge in [0.05, 0.1) is 5.69 Å². The van der Waals surface area contributed by atoms with Gasteiger partial charge in [0, 0.05) is 26.7 Å². The monoisotopic (exact) mass is 476 g/mol. The first-order valence-electron chi connectivity index (χ1n) is 9.19. The van der Waals surface area contributed by atoms with Gasteiger partial charge in [0.2, 0.25) is 0 Å². The number of carbonyl (C=O) groups excluding carboxylic acids is 3. The van der Waals surface area contributed by atoms with Gasteiger partial charge < -0.3 is 15.0 Å². The van der Waals surface area contributed by atoms with Crippen LogP contribution in [0.4, 0.5) is 5.69 Å². The summed E-state index contributed by atoms with van der Waals surface area (Å²) in [4.78, 5) is 39.4. The van der Waals surface area contributed by atoms with Crippen molar-refractivity contribution in [3.05, 3.63) is 58.6 Å². The van der Waals surface area contributed by atoms with Crippen LogP contribution in [0.25, 0.3) is 0 Å². The first-order valence-corrected chi connectivity index (χ1v) is 10.9. The van der Waals surface area contributed by atoms with Crippen LogP contribution in [0.5, 0.6) is 0 Å². The highest BCUT2D eigenvalue weighted by Gasteiger charge is 2.24. The van der Waals surface area contributed by atoms with E-state index in [4.69, 9.17) is 4.74 Å². The van der Waals surface area contributed by atoms with Crippen LogP contribution in [0.15, 0.2) is 57.9 Å². The molecule has 0 aromatic heterocycles. The number of ether oxygens (including phenoxy) is 1. The maximum atomic E-state index is 12.7. The molecule has 29 heavy (non-hydrogen) atoms. The maximum absolute atomic E-state index is 12.7. The number of fused-ring (bicyclic) bond motifs is 1. The van der Waals surface area contributed by atoms with Crippen molar-refractivity contribution in [1.29, 1.82) is 0 Å². The fourth-order valence-electron chi connectivity index (χ4n) is 2.87. The molecule has 1 aliphatic rings. The molecule has 2 aromatic rings. The first-order chi connectivity index (χ1) is 13.9. The molecule has 2 amide bonds. The predicted octanol–water partition coefficient (Wildman–Crippen LogP) is 3.64. The van der Waals surface area contributed by atoms with Crippen LogP contribution in [0, 0.1) is 0 Å². The number of esters is 1. The van der Waals surface area contributed by atoms with Crippen molar-refractivity contribution in [3.8, 4) is 0 Å². The fourth-order valence-corrected chi connectivity index (χ4v) is 4.25. The first kappa shape index (κ1) is 21.4. The number of para-hydroxylation sites is 1. The number of anilines is 1. The third-order valence-electron chi connectivity index (χ3n) is 4.40. The molecule has 1 aliphatic heterocycles. The second-order valence-electron chi connectivity index (χ2n) is 6.58. The Morgan fingerprint density at radius 1 is 1.17 bits per heavy atom. The quantitative estimate of drug-likeness (QED) is 0.666. The van der Waals surface area contributed by atoms with Gasteiger partial charge in [-0.1, -0.05) is 35.0 Å². The molecule has 0 aliphatic carbocycles. The summed E-state index contributed by atoms with van der Waals surface area (Å²) in [6, 6.07) is 14.5. The van der Waals surface area contributed by atoms with Gasteiger partial charge in [-0.05, 0) is 42.8 Å². The van der Waals surface area contributed by atoms with Gasteiger partial charge >= 0.3 is 5.97 Å². The summed E-state index contributed by atoms with van der Waals surface area (Å²) in [5.41, 5.74) is 1.27. The summed E-state index contributed by atoms with van der Waals surface area (Å²) in [5, 5.41) is 2.89. The average Bonchev–Trinajstić information content (AvgIpc) is 2.89. The predicted molar refractivity (Wildman–Crippen MR) is 116 cm³/mol. The van der Waals surface area contributed by atoms with E-state index in [2.05, 4.69) is 28.2 Å². The standard InChI is InChI=1S/C21H21BrN2O4S/c1-14-10-11-24(17-4-2-3-5-18(17)29-14)19(25)13-28-20(26)12-23-21(27)15-6-8-16(22)9-7-15/h2-9,14H,10-13H2,1H3,(H,23,27). The van der Waals surface area contributed by atoms with Gasteiger partial charge in [0.1, 0.15) is 6.54 Å². The third-order valence-corrected chi connectivity index (χ3v) is 6.17. The number of carbonyl (C=O) groups is 3. The van der Waals surface area contributed by atoms with E-state index in [1.54, 1.807) is 40.9 Å². The van der Waals surface area contributed by atoms with E-state index < -0.39 is 5.97 Å². The van der Waals surface area contributed by atoms with E-state index in [1.165, 1.54) is 0 Å². The smallest absolute Gasteiger partial charge is 0.325 e. The lowest BCUT2D eigenvalue weighted by molar-refractivity contribution is -0.146. The number of benzene rings is 2. The molecule has 1 unspecified atom stereocenters. The largest absolute Gasteiger partial charge is 0.454 e. The van der Waals surface area contributed by atoms with Crippen molar-refractivity contribution in [2.75, 3.05) is 24.6 Å². The molecule has 0 spiro atoms. The van der Waals surface area contributed by atoms with Gasteiger partial charge in [-0.2, -0.15) is 0 Å². The zero-order chi connectivity index (χ0) is 20.8. The Morgan fingerprint density at radius 2 is 1.90 bits per heavy atom. The van der Waals surface area contributed by atoms with E-state index in [0.717, 1.165) is 21.5 Å². The molecule has 2 aromatic carbocycles. The number of thioether (sulfide) groups is 1. The summed E-state index contributed by atoms with van der Waals surface area (Å²) in [7, 11) is 0. The van der Waals surface area contributed by atoms with Gasteiger partial charge in [0.15, 0.2) is 6.61 Å². The molecule has 0 radical (unpaired) electrons. The molecule has 8 heteroatoms. The molecule has 3 rings (SSSR count). The van der Waals surface area contributed by atoms with Gasteiger partial charge in [-0.25, -0.2) is 0 Å². The molecular formula is C21H21BrN2O4S. The summed E-state index contributed by atoms with van der Waals surface area (Å²) in [5.74, 6) is -1.32. The fraction of sp³-hybridized carbons (Fsp3) is 0.286. The number of hydrogen-bond donors (Lipinski definition) is 1. The molecule has 0 bridgehead atoms. The Morgan fingerprint density at radius 3 is 2.66 bits per heavy atom. The van der Waals surface area contributed by atoms with Crippen molar-refractivity contribution in [3.63, 3.8) is 0 Å². The molecule has 1 atom stereocenters. The van der Waals surface area contributed by atoms with Crippen LogP contribution in [0.1, 0.15) is 23.7 Å². The van der Waals surface area contributed by atoms with E-state index in [9.17, 15) is 14.4 Å². The van der Waals surface area contributed by atoms with Crippen LogP contribution in [0.3, 0.4) is 0 Å². The maximum Gasteiger partial charge on any atom is 0.325 e. The summed E-state index contributed by atoms with van der Waals surface area (Å²) >= 11 is 5.04. The minimum absolute atomic E-state index is 0.278. The molecular weight excluding hydrogens is 456 g/mol. The van der Waals surface area contributed by atoms with Crippen molar-refractivity contribution in [2.24, 2.45) is 0 Å².